The van der Waals surface area contributed by atoms with Gasteiger partial charge in [0.2, 0.25) is 0 Å². The normalized spacial score (nSPS) is 10.3. The molecule has 0 amide bonds. The summed E-state index contributed by atoms with van der Waals surface area (Å²) in [6, 6.07) is 2.92. The average Bonchev–Trinajstić information content (AvgIpc) is 2.43. The third-order valence-electron chi connectivity index (χ3n) is 2.91. The number of nitrogens with one attached hydrogen (secondary N) is 1. The van der Waals surface area contributed by atoms with E-state index < -0.39 is 4.92 Å². The largest absolute Gasteiger partial charge is 0.396 e. The van der Waals surface area contributed by atoms with E-state index >= 15 is 0 Å². The number of unbranched alkanes of at least 4 members (excludes halogenated alkanes) is 2. The second-order valence-corrected chi connectivity index (χ2v) is 4.56. The zero-order valence-corrected chi connectivity index (χ0v) is 12.0. The van der Waals surface area contributed by atoms with Crippen molar-refractivity contribution in [2.75, 3.05) is 37.0 Å². The minimum atomic E-state index is -0.411. The van der Waals surface area contributed by atoms with Crippen molar-refractivity contribution < 1.29 is 10.0 Å². The molecule has 1 aromatic rings. The first-order valence-corrected chi connectivity index (χ1v) is 6.80. The van der Waals surface area contributed by atoms with Gasteiger partial charge in [-0.05, 0) is 26.2 Å². The van der Waals surface area contributed by atoms with E-state index in [4.69, 9.17) is 5.11 Å². The van der Waals surface area contributed by atoms with Gasteiger partial charge < -0.3 is 15.3 Å². The third kappa shape index (κ3) is 5.00. The molecule has 0 aliphatic carbocycles. The number of nitro groups is 1. The summed E-state index contributed by atoms with van der Waals surface area (Å²) in [6.07, 6.45) is 2.62. The Kier molecular flexibility index (Phi) is 6.72. The Balaban J connectivity index is 2.78. The molecule has 0 aliphatic heterocycles. The van der Waals surface area contributed by atoms with Gasteiger partial charge in [-0.25, -0.2) is 4.98 Å². The fraction of sp³-hybridized carbons (Fsp3) is 0.615. The van der Waals surface area contributed by atoms with Crippen molar-refractivity contribution in [1.82, 2.24) is 4.98 Å². The maximum atomic E-state index is 10.9. The molecule has 0 spiro atoms. The van der Waals surface area contributed by atoms with E-state index in [-0.39, 0.29) is 12.3 Å². The lowest BCUT2D eigenvalue weighted by atomic mass is 10.2. The maximum Gasteiger partial charge on any atom is 0.276 e. The van der Waals surface area contributed by atoms with Gasteiger partial charge in [-0.3, -0.25) is 10.1 Å². The number of anilines is 2. The first-order valence-electron chi connectivity index (χ1n) is 6.80. The van der Waals surface area contributed by atoms with Gasteiger partial charge in [0.25, 0.3) is 5.69 Å². The molecule has 0 atom stereocenters. The van der Waals surface area contributed by atoms with Crippen LogP contribution in [0.4, 0.5) is 17.3 Å². The predicted molar refractivity (Wildman–Crippen MR) is 79.3 cm³/mol. The lowest BCUT2D eigenvalue weighted by Crippen LogP contribution is -2.20. The summed E-state index contributed by atoms with van der Waals surface area (Å²) in [4.78, 5) is 16.8. The molecule has 0 aromatic carbocycles. The summed E-state index contributed by atoms with van der Waals surface area (Å²) in [5.74, 6) is 1.10. The van der Waals surface area contributed by atoms with Crippen LogP contribution in [-0.2, 0) is 0 Å². The number of aliphatic hydroxyl groups is 1. The Morgan fingerprint density at radius 2 is 2.15 bits per heavy atom. The highest BCUT2D eigenvalue weighted by Gasteiger charge is 2.13. The van der Waals surface area contributed by atoms with Crippen LogP contribution in [0.5, 0.6) is 0 Å². The highest BCUT2D eigenvalue weighted by molar-refractivity contribution is 5.55. The van der Waals surface area contributed by atoms with Crippen LogP contribution in [0, 0.1) is 10.1 Å². The Labute approximate surface area is 118 Å². The van der Waals surface area contributed by atoms with Gasteiger partial charge in [0.1, 0.15) is 11.6 Å². The monoisotopic (exact) mass is 282 g/mol. The summed E-state index contributed by atoms with van der Waals surface area (Å²) in [6.45, 7) is 3.52. The second-order valence-electron chi connectivity index (χ2n) is 4.56. The lowest BCUT2D eigenvalue weighted by Gasteiger charge is -2.18. The van der Waals surface area contributed by atoms with Crippen molar-refractivity contribution in [2.24, 2.45) is 0 Å². The fourth-order valence-corrected chi connectivity index (χ4v) is 1.83. The number of hydrogen-bond donors (Lipinski definition) is 2. The zero-order chi connectivity index (χ0) is 15.0. The van der Waals surface area contributed by atoms with Gasteiger partial charge in [0, 0.05) is 26.7 Å². The van der Waals surface area contributed by atoms with Crippen LogP contribution in [0.2, 0.25) is 0 Å². The molecule has 1 rings (SSSR count). The first-order chi connectivity index (χ1) is 9.58. The molecule has 7 heteroatoms. The first kappa shape index (κ1) is 16.2. The van der Waals surface area contributed by atoms with Gasteiger partial charge >= 0.3 is 0 Å². The summed E-state index contributed by atoms with van der Waals surface area (Å²) < 4.78 is 0. The molecule has 0 unspecified atom stereocenters. The average molecular weight is 282 g/mol. The van der Waals surface area contributed by atoms with Crippen LogP contribution >= 0.6 is 0 Å². The summed E-state index contributed by atoms with van der Waals surface area (Å²) in [5, 5.41) is 22.7. The topological polar surface area (TPSA) is 91.5 Å². The molecule has 2 N–H and O–H groups in total. The minimum Gasteiger partial charge on any atom is -0.396 e. The number of pyridine rings is 1. The number of nitrogens with zero attached hydrogens (tertiary/aromatic N) is 3. The molecular weight excluding hydrogens is 260 g/mol. The van der Waals surface area contributed by atoms with Gasteiger partial charge in [-0.2, -0.15) is 0 Å². The Morgan fingerprint density at radius 3 is 2.75 bits per heavy atom. The van der Waals surface area contributed by atoms with Crippen molar-refractivity contribution >= 4 is 17.3 Å². The molecule has 0 saturated carbocycles. The fourth-order valence-electron chi connectivity index (χ4n) is 1.83. The van der Waals surface area contributed by atoms with Crippen molar-refractivity contribution in [3.63, 3.8) is 0 Å². The third-order valence-corrected chi connectivity index (χ3v) is 2.91. The predicted octanol–water partition coefficient (Wildman–Crippen LogP) is 2.02. The lowest BCUT2D eigenvalue weighted by molar-refractivity contribution is -0.384. The van der Waals surface area contributed by atoms with E-state index in [1.165, 1.54) is 12.1 Å². The van der Waals surface area contributed by atoms with Crippen LogP contribution < -0.4 is 10.2 Å². The maximum absolute atomic E-state index is 10.9. The number of hydrogen-bond acceptors (Lipinski definition) is 6. The molecule has 1 heterocycles. The molecule has 0 aliphatic rings. The Bertz CT molecular complexity index is 440. The number of aromatic nitrogens is 1. The van der Waals surface area contributed by atoms with E-state index in [0.717, 1.165) is 25.8 Å². The molecule has 7 nitrogen and oxygen atoms in total. The van der Waals surface area contributed by atoms with Crippen LogP contribution in [-0.4, -0.2) is 41.8 Å². The highest BCUT2D eigenvalue weighted by Crippen LogP contribution is 2.22. The molecular formula is C13H22N4O3. The van der Waals surface area contributed by atoms with Gasteiger partial charge in [-0.15, -0.1) is 0 Å². The molecule has 0 saturated heterocycles. The molecule has 112 valence electrons. The standard InChI is InChI=1S/C13H22N4O3/c1-3-14-12-9-11(17(19)20)10-13(15-12)16(2)7-5-4-6-8-18/h9-10,18H,3-8H2,1-2H3,(H,14,15). The van der Waals surface area contributed by atoms with Gasteiger partial charge in [-0.1, -0.05) is 0 Å². The molecule has 0 bridgehead atoms. The summed E-state index contributed by atoms with van der Waals surface area (Å²) >= 11 is 0. The summed E-state index contributed by atoms with van der Waals surface area (Å²) in [7, 11) is 1.86. The smallest absolute Gasteiger partial charge is 0.276 e. The van der Waals surface area contributed by atoms with E-state index in [9.17, 15) is 10.1 Å². The second kappa shape index (κ2) is 8.31. The molecule has 20 heavy (non-hydrogen) atoms. The van der Waals surface area contributed by atoms with E-state index in [2.05, 4.69) is 10.3 Å². The SMILES string of the molecule is CCNc1cc([N+](=O)[O-])cc(N(C)CCCCCO)n1. The number of aliphatic hydroxyl groups excluding tert-OH is 1. The van der Waals surface area contributed by atoms with Crippen LogP contribution in [0.15, 0.2) is 12.1 Å². The van der Waals surface area contributed by atoms with Crippen LogP contribution in [0.25, 0.3) is 0 Å². The van der Waals surface area contributed by atoms with Crippen molar-refractivity contribution in [3.05, 3.63) is 22.2 Å². The van der Waals surface area contributed by atoms with E-state index in [1.807, 2.05) is 18.9 Å². The highest BCUT2D eigenvalue weighted by atomic mass is 16.6. The van der Waals surface area contributed by atoms with Crippen molar-refractivity contribution in [2.45, 2.75) is 26.2 Å². The van der Waals surface area contributed by atoms with Gasteiger partial charge in [0.15, 0.2) is 0 Å². The Hall–Kier alpha value is -1.89. The van der Waals surface area contributed by atoms with Crippen molar-refractivity contribution in [1.29, 1.82) is 0 Å². The minimum absolute atomic E-state index is 0.0353. The van der Waals surface area contributed by atoms with Crippen LogP contribution in [0.1, 0.15) is 26.2 Å². The molecule has 0 radical (unpaired) electrons. The molecule has 0 fully saturated rings. The Morgan fingerprint density at radius 1 is 1.40 bits per heavy atom. The number of rotatable bonds is 9. The zero-order valence-electron chi connectivity index (χ0n) is 12.0. The quantitative estimate of drug-likeness (QED) is 0.409. The van der Waals surface area contributed by atoms with E-state index in [1.54, 1.807) is 0 Å². The van der Waals surface area contributed by atoms with E-state index in [0.29, 0.717) is 18.2 Å². The van der Waals surface area contributed by atoms with Crippen molar-refractivity contribution in [3.8, 4) is 0 Å². The summed E-state index contributed by atoms with van der Waals surface area (Å²) in [5.41, 5.74) is 0.0353. The molecule has 1 aromatic heterocycles. The van der Waals surface area contributed by atoms with Crippen LogP contribution in [0.3, 0.4) is 0 Å². The van der Waals surface area contributed by atoms with Gasteiger partial charge in [0.05, 0.1) is 17.1 Å².